The maximum absolute atomic E-state index is 12.0. The maximum Gasteiger partial charge on any atom is 0.326 e. The van der Waals surface area contributed by atoms with E-state index in [-0.39, 0.29) is 11.8 Å². The summed E-state index contributed by atoms with van der Waals surface area (Å²) in [5, 5.41) is 11.5. The molecule has 1 unspecified atom stereocenters. The predicted octanol–water partition coefficient (Wildman–Crippen LogP) is -0.659. The summed E-state index contributed by atoms with van der Waals surface area (Å²) in [6.45, 7) is 0.474. The van der Waals surface area contributed by atoms with Crippen LogP contribution >= 0.6 is 0 Å². The van der Waals surface area contributed by atoms with Gasteiger partial charge in [-0.1, -0.05) is 0 Å². The van der Waals surface area contributed by atoms with Gasteiger partial charge in [0.2, 0.25) is 11.8 Å². The van der Waals surface area contributed by atoms with E-state index < -0.39 is 18.1 Å². The summed E-state index contributed by atoms with van der Waals surface area (Å²) < 4.78 is 0. The highest BCUT2D eigenvalue weighted by atomic mass is 16.4. The molecule has 0 aromatic heterocycles. The monoisotopic (exact) mass is 226 g/mol. The van der Waals surface area contributed by atoms with Crippen LogP contribution in [0.2, 0.25) is 0 Å². The first kappa shape index (κ1) is 10.9. The number of hydrogen-bond donors (Lipinski definition) is 2. The van der Waals surface area contributed by atoms with Gasteiger partial charge in [-0.05, 0) is 19.3 Å². The van der Waals surface area contributed by atoms with Crippen LogP contribution in [-0.4, -0.2) is 46.4 Å². The van der Waals surface area contributed by atoms with Gasteiger partial charge in [0.25, 0.3) is 0 Å². The Kier molecular flexibility index (Phi) is 2.80. The summed E-state index contributed by atoms with van der Waals surface area (Å²) in [5.41, 5.74) is 0. The summed E-state index contributed by atoms with van der Waals surface area (Å²) in [6, 6.07) is -1.24. The van der Waals surface area contributed by atoms with Crippen molar-refractivity contribution < 1.29 is 19.5 Å². The summed E-state index contributed by atoms with van der Waals surface area (Å²) in [7, 11) is 0. The number of nitrogens with one attached hydrogen (secondary N) is 1. The highest BCUT2D eigenvalue weighted by molar-refractivity contribution is 5.93. The molecule has 0 radical (unpaired) electrons. The van der Waals surface area contributed by atoms with E-state index in [1.807, 2.05) is 0 Å². The topological polar surface area (TPSA) is 86.7 Å². The van der Waals surface area contributed by atoms with Crippen molar-refractivity contribution >= 4 is 17.8 Å². The first-order valence-electron chi connectivity index (χ1n) is 5.42. The lowest BCUT2D eigenvalue weighted by atomic mass is 10.1. The van der Waals surface area contributed by atoms with Crippen molar-refractivity contribution in [3.05, 3.63) is 0 Å². The molecular formula is C10H14N2O4. The van der Waals surface area contributed by atoms with Crippen LogP contribution in [0, 0.1) is 0 Å². The fraction of sp³-hybridized carbons (Fsp3) is 0.700. The van der Waals surface area contributed by atoms with Crippen molar-refractivity contribution in [2.75, 3.05) is 6.54 Å². The number of likely N-dealkylation sites (tertiary alicyclic amines) is 1. The van der Waals surface area contributed by atoms with Crippen LogP contribution in [0.5, 0.6) is 0 Å². The number of carboxylic acid groups (broad SMARTS) is 1. The van der Waals surface area contributed by atoms with E-state index in [1.54, 1.807) is 0 Å². The van der Waals surface area contributed by atoms with E-state index >= 15 is 0 Å². The fourth-order valence-corrected chi connectivity index (χ4v) is 2.29. The van der Waals surface area contributed by atoms with E-state index in [9.17, 15) is 14.4 Å². The molecule has 16 heavy (non-hydrogen) atoms. The Bertz CT molecular complexity index is 342. The summed E-state index contributed by atoms with van der Waals surface area (Å²) >= 11 is 0. The summed E-state index contributed by atoms with van der Waals surface area (Å²) in [4.78, 5) is 35.2. The van der Waals surface area contributed by atoms with Crippen molar-refractivity contribution in [2.24, 2.45) is 0 Å². The molecule has 0 bridgehead atoms. The number of aliphatic carboxylic acids is 1. The fourth-order valence-electron chi connectivity index (χ4n) is 2.29. The van der Waals surface area contributed by atoms with Crippen LogP contribution in [0.3, 0.4) is 0 Å². The average molecular weight is 226 g/mol. The first-order chi connectivity index (χ1) is 7.59. The molecular weight excluding hydrogens is 212 g/mol. The van der Waals surface area contributed by atoms with Crippen molar-refractivity contribution in [1.82, 2.24) is 10.2 Å². The lowest BCUT2D eigenvalue weighted by molar-refractivity contribution is -0.149. The van der Waals surface area contributed by atoms with Crippen LogP contribution in [0.1, 0.15) is 25.7 Å². The van der Waals surface area contributed by atoms with Crippen LogP contribution in [0.25, 0.3) is 0 Å². The number of hydrogen-bond acceptors (Lipinski definition) is 3. The third-order valence-electron chi connectivity index (χ3n) is 3.11. The Labute approximate surface area is 92.6 Å². The lowest BCUT2D eigenvalue weighted by Crippen LogP contribution is -2.48. The van der Waals surface area contributed by atoms with E-state index in [2.05, 4.69) is 5.32 Å². The smallest absolute Gasteiger partial charge is 0.326 e. The van der Waals surface area contributed by atoms with Crippen LogP contribution in [-0.2, 0) is 14.4 Å². The molecule has 2 N–H and O–H groups in total. The molecule has 6 heteroatoms. The molecule has 0 spiro atoms. The zero-order valence-electron chi connectivity index (χ0n) is 8.81. The molecule has 2 saturated heterocycles. The van der Waals surface area contributed by atoms with E-state index in [0.717, 1.165) is 0 Å². The molecule has 2 aliphatic rings. The Morgan fingerprint density at radius 2 is 2.12 bits per heavy atom. The maximum atomic E-state index is 12.0. The largest absolute Gasteiger partial charge is 0.480 e. The van der Waals surface area contributed by atoms with Gasteiger partial charge in [0, 0.05) is 13.0 Å². The lowest BCUT2D eigenvalue weighted by Gasteiger charge is -2.24. The predicted molar refractivity (Wildman–Crippen MR) is 53.5 cm³/mol. The summed E-state index contributed by atoms with van der Waals surface area (Å²) in [5.74, 6) is -1.35. The van der Waals surface area contributed by atoms with E-state index in [0.29, 0.717) is 32.2 Å². The molecule has 0 aliphatic carbocycles. The molecule has 2 amide bonds. The van der Waals surface area contributed by atoms with Gasteiger partial charge < -0.3 is 15.3 Å². The van der Waals surface area contributed by atoms with Crippen LogP contribution in [0.4, 0.5) is 0 Å². The second-order valence-corrected chi connectivity index (χ2v) is 4.19. The Morgan fingerprint density at radius 1 is 1.38 bits per heavy atom. The quantitative estimate of drug-likeness (QED) is 0.654. The van der Waals surface area contributed by atoms with Gasteiger partial charge in [-0.15, -0.1) is 0 Å². The molecule has 0 aromatic carbocycles. The molecule has 2 atom stereocenters. The number of carbonyl (C=O) groups is 3. The highest BCUT2D eigenvalue weighted by Gasteiger charge is 2.39. The number of rotatable bonds is 2. The van der Waals surface area contributed by atoms with Crippen molar-refractivity contribution in [2.45, 2.75) is 37.8 Å². The second-order valence-electron chi connectivity index (χ2n) is 4.19. The first-order valence-corrected chi connectivity index (χ1v) is 5.42. The average Bonchev–Trinajstić information content (AvgIpc) is 2.84. The van der Waals surface area contributed by atoms with Gasteiger partial charge in [0.15, 0.2) is 0 Å². The molecule has 0 aromatic rings. The number of amides is 2. The van der Waals surface area contributed by atoms with Gasteiger partial charge >= 0.3 is 5.97 Å². The third kappa shape index (κ3) is 1.87. The number of carbonyl (C=O) groups excluding carboxylic acids is 2. The molecule has 0 saturated carbocycles. The van der Waals surface area contributed by atoms with E-state index in [4.69, 9.17) is 5.11 Å². The minimum absolute atomic E-state index is 0.135. The molecule has 88 valence electrons. The minimum Gasteiger partial charge on any atom is -0.480 e. The zero-order chi connectivity index (χ0) is 11.7. The zero-order valence-corrected chi connectivity index (χ0v) is 8.81. The standard InChI is InChI=1S/C10H14N2O4/c13-8-4-3-6(11-8)9(14)12-5-1-2-7(12)10(15)16/h6-7H,1-5H2,(H,11,13)(H,15,16)/t6-,7?/m0/s1. The highest BCUT2D eigenvalue weighted by Crippen LogP contribution is 2.20. The normalized spacial score (nSPS) is 29.2. The third-order valence-corrected chi connectivity index (χ3v) is 3.11. The molecule has 2 fully saturated rings. The summed E-state index contributed by atoms with van der Waals surface area (Å²) in [6.07, 6.45) is 2.04. The Hall–Kier alpha value is -1.59. The van der Waals surface area contributed by atoms with Crippen molar-refractivity contribution in [3.63, 3.8) is 0 Å². The molecule has 2 aliphatic heterocycles. The molecule has 6 nitrogen and oxygen atoms in total. The van der Waals surface area contributed by atoms with E-state index in [1.165, 1.54) is 4.90 Å². The van der Waals surface area contributed by atoms with Gasteiger partial charge in [-0.2, -0.15) is 0 Å². The van der Waals surface area contributed by atoms with Crippen LogP contribution < -0.4 is 5.32 Å². The SMILES string of the molecule is O=C1CC[C@@H](C(=O)N2CCCC2C(=O)O)N1. The van der Waals surface area contributed by atoms with Crippen molar-refractivity contribution in [1.29, 1.82) is 0 Å². The van der Waals surface area contributed by atoms with Gasteiger partial charge in [-0.3, -0.25) is 9.59 Å². The number of carboxylic acids is 1. The minimum atomic E-state index is -0.963. The van der Waals surface area contributed by atoms with Crippen molar-refractivity contribution in [3.8, 4) is 0 Å². The molecule has 2 heterocycles. The molecule has 2 rings (SSSR count). The Morgan fingerprint density at radius 3 is 2.69 bits per heavy atom. The second kappa shape index (κ2) is 4.11. The van der Waals surface area contributed by atoms with Gasteiger partial charge in [0.05, 0.1) is 0 Å². The Balaban J connectivity index is 2.03. The number of nitrogens with zero attached hydrogens (tertiary/aromatic N) is 1. The van der Waals surface area contributed by atoms with Gasteiger partial charge in [0.1, 0.15) is 12.1 Å². The van der Waals surface area contributed by atoms with Gasteiger partial charge in [-0.25, -0.2) is 4.79 Å². The van der Waals surface area contributed by atoms with Crippen LogP contribution in [0.15, 0.2) is 0 Å².